The Balaban J connectivity index is 1.29. The molecule has 1 aromatic heterocycles. The Labute approximate surface area is 177 Å². The third-order valence-corrected chi connectivity index (χ3v) is 7.04. The highest BCUT2D eigenvalue weighted by atomic mass is 16.2. The molecule has 1 N–H and O–H groups in total. The average molecular weight is 410 g/mol. The van der Waals surface area contributed by atoms with E-state index in [1.165, 1.54) is 12.0 Å². The SMILES string of the molecule is CN1CC2(C1)CN(C(=O)Cn1nnnc1C1(NCc3ccccc3)CCCCC1)C2. The van der Waals surface area contributed by atoms with Gasteiger partial charge in [0.25, 0.3) is 0 Å². The van der Waals surface area contributed by atoms with E-state index < -0.39 is 0 Å². The largest absolute Gasteiger partial charge is 0.340 e. The predicted molar refractivity (Wildman–Crippen MR) is 112 cm³/mol. The molecule has 1 aromatic carbocycles. The summed E-state index contributed by atoms with van der Waals surface area (Å²) in [6.07, 6.45) is 5.51. The van der Waals surface area contributed by atoms with Gasteiger partial charge in [-0.15, -0.1) is 5.10 Å². The summed E-state index contributed by atoms with van der Waals surface area (Å²) < 4.78 is 1.74. The number of carbonyl (C=O) groups is 1. The minimum atomic E-state index is -0.273. The normalized spacial score (nSPS) is 22.5. The summed E-state index contributed by atoms with van der Waals surface area (Å²) in [5.41, 5.74) is 1.31. The molecule has 1 spiro atoms. The summed E-state index contributed by atoms with van der Waals surface area (Å²) in [6, 6.07) is 10.4. The van der Waals surface area contributed by atoms with Crippen LogP contribution in [0.5, 0.6) is 0 Å². The van der Waals surface area contributed by atoms with Gasteiger partial charge in [0, 0.05) is 38.1 Å². The minimum Gasteiger partial charge on any atom is -0.340 e. The highest BCUT2D eigenvalue weighted by Gasteiger charge is 2.52. The minimum absolute atomic E-state index is 0.123. The Bertz CT molecular complexity index is 876. The molecule has 3 heterocycles. The molecule has 0 unspecified atom stereocenters. The number of amides is 1. The van der Waals surface area contributed by atoms with Crippen LogP contribution >= 0.6 is 0 Å². The zero-order valence-corrected chi connectivity index (χ0v) is 17.8. The van der Waals surface area contributed by atoms with Crippen LogP contribution in [0.25, 0.3) is 0 Å². The molecule has 1 aliphatic carbocycles. The number of carbonyl (C=O) groups excluding carboxylic acids is 1. The fourth-order valence-electron chi connectivity index (χ4n) is 5.62. The Morgan fingerprint density at radius 2 is 1.80 bits per heavy atom. The monoisotopic (exact) mass is 409 g/mol. The smallest absolute Gasteiger partial charge is 0.244 e. The summed E-state index contributed by atoms with van der Waals surface area (Å²) in [5, 5.41) is 16.4. The zero-order valence-electron chi connectivity index (χ0n) is 17.8. The summed E-state index contributed by atoms with van der Waals surface area (Å²) in [4.78, 5) is 17.2. The number of hydrogen-bond donors (Lipinski definition) is 1. The highest BCUT2D eigenvalue weighted by Crippen LogP contribution is 2.39. The molecule has 160 valence electrons. The molecule has 1 amide bonds. The van der Waals surface area contributed by atoms with Crippen molar-refractivity contribution in [1.29, 1.82) is 0 Å². The average Bonchev–Trinajstić information content (AvgIpc) is 3.18. The van der Waals surface area contributed by atoms with Crippen molar-refractivity contribution in [2.75, 3.05) is 33.2 Å². The molecule has 1 saturated carbocycles. The molecule has 0 atom stereocenters. The first-order chi connectivity index (χ1) is 14.6. The van der Waals surface area contributed by atoms with Crippen LogP contribution in [0.4, 0.5) is 0 Å². The van der Waals surface area contributed by atoms with Crippen LogP contribution in [-0.2, 0) is 23.4 Å². The van der Waals surface area contributed by atoms with E-state index in [0.29, 0.717) is 5.41 Å². The fourth-order valence-corrected chi connectivity index (χ4v) is 5.62. The number of hydrogen-bond acceptors (Lipinski definition) is 6. The summed E-state index contributed by atoms with van der Waals surface area (Å²) in [5.74, 6) is 0.933. The van der Waals surface area contributed by atoms with E-state index in [9.17, 15) is 4.79 Å². The lowest BCUT2D eigenvalue weighted by Crippen LogP contribution is -2.72. The van der Waals surface area contributed by atoms with Gasteiger partial charge in [0.1, 0.15) is 6.54 Å². The fraction of sp³-hybridized carbons (Fsp3) is 0.636. The van der Waals surface area contributed by atoms with Gasteiger partial charge in [-0.2, -0.15) is 0 Å². The lowest BCUT2D eigenvalue weighted by molar-refractivity contribution is -0.157. The van der Waals surface area contributed by atoms with Crippen LogP contribution in [0.2, 0.25) is 0 Å². The van der Waals surface area contributed by atoms with Gasteiger partial charge in [-0.25, -0.2) is 4.68 Å². The standard InChI is InChI=1S/C22H31N7O/c1-27-14-21(15-27)16-28(17-21)19(30)13-29-20(24-25-26-29)22(10-6-3-7-11-22)23-12-18-8-4-2-5-9-18/h2,4-5,8-9,23H,3,6-7,10-17H2,1H3. The van der Waals surface area contributed by atoms with Gasteiger partial charge in [0.2, 0.25) is 5.91 Å². The topological polar surface area (TPSA) is 79.2 Å². The van der Waals surface area contributed by atoms with Crippen molar-refractivity contribution in [3.63, 3.8) is 0 Å². The molecule has 3 aliphatic rings. The van der Waals surface area contributed by atoms with Crippen LogP contribution in [0.1, 0.15) is 43.5 Å². The molecule has 30 heavy (non-hydrogen) atoms. The number of likely N-dealkylation sites (tertiary alicyclic amines) is 2. The van der Waals surface area contributed by atoms with E-state index in [2.05, 4.69) is 57.1 Å². The van der Waals surface area contributed by atoms with Crippen molar-refractivity contribution in [3.8, 4) is 0 Å². The molecule has 5 rings (SSSR count). The number of rotatable bonds is 6. The van der Waals surface area contributed by atoms with Crippen LogP contribution in [0.3, 0.4) is 0 Å². The van der Waals surface area contributed by atoms with Crippen molar-refractivity contribution < 1.29 is 4.79 Å². The summed E-state index contributed by atoms with van der Waals surface area (Å²) >= 11 is 0. The molecule has 8 heteroatoms. The molecular weight excluding hydrogens is 378 g/mol. The van der Waals surface area contributed by atoms with E-state index in [4.69, 9.17) is 0 Å². The maximum Gasteiger partial charge on any atom is 0.244 e. The van der Waals surface area contributed by atoms with E-state index >= 15 is 0 Å². The van der Waals surface area contributed by atoms with Crippen LogP contribution in [0.15, 0.2) is 30.3 Å². The first-order valence-corrected chi connectivity index (χ1v) is 11.1. The predicted octanol–water partition coefficient (Wildman–Crippen LogP) is 1.40. The second-order valence-electron chi connectivity index (χ2n) is 9.56. The van der Waals surface area contributed by atoms with Gasteiger partial charge >= 0.3 is 0 Å². The van der Waals surface area contributed by atoms with Gasteiger partial charge in [0.15, 0.2) is 5.82 Å². The molecule has 2 aromatic rings. The quantitative estimate of drug-likeness (QED) is 0.777. The van der Waals surface area contributed by atoms with Crippen molar-refractivity contribution in [2.24, 2.45) is 5.41 Å². The maximum atomic E-state index is 12.9. The van der Waals surface area contributed by atoms with Gasteiger partial charge in [-0.1, -0.05) is 49.6 Å². The maximum absolute atomic E-state index is 12.9. The Hall–Kier alpha value is -2.32. The molecule has 3 fully saturated rings. The van der Waals surface area contributed by atoms with Crippen LogP contribution < -0.4 is 5.32 Å². The Kier molecular flexibility index (Phi) is 5.06. The Morgan fingerprint density at radius 3 is 2.50 bits per heavy atom. The number of tetrazole rings is 1. The third-order valence-electron chi connectivity index (χ3n) is 7.04. The van der Waals surface area contributed by atoms with Gasteiger partial charge < -0.3 is 15.1 Å². The molecular formula is C22H31N7O. The van der Waals surface area contributed by atoms with E-state index in [1.54, 1.807) is 4.68 Å². The molecule has 8 nitrogen and oxygen atoms in total. The number of nitrogens with zero attached hydrogens (tertiary/aromatic N) is 6. The zero-order chi connectivity index (χ0) is 20.6. The first-order valence-electron chi connectivity index (χ1n) is 11.1. The van der Waals surface area contributed by atoms with Gasteiger partial charge in [0.05, 0.1) is 5.54 Å². The summed E-state index contributed by atoms with van der Waals surface area (Å²) in [6.45, 7) is 4.92. The van der Waals surface area contributed by atoms with Crippen molar-refractivity contribution in [1.82, 2.24) is 35.3 Å². The second-order valence-corrected chi connectivity index (χ2v) is 9.56. The third kappa shape index (κ3) is 3.63. The lowest BCUT2D eigenvalue weighted by atomic mass is 9.73. The number of nitrogens with one attached hydrogen (secondary N) is 1. The lowest BCUT2D eigenvalue weighted by Gasteiger charge is -2.59. The van der Waals surface area contributed by atoms with Crippen molar-refractivity contribution in [2.45, 2.75) is 50.7 Å². The Morgan fingerprint density at radius 1 is 1.07 bits per heavy atom. The van der Waals surface area contributed by atoms with Crippen molar-refractivity contribution in [3.05, 3.63) is 41.7 Å². The number of benzene rings is 1. The summed E-state index contributed by atoms with van der Waals surface area (Å²) in [7, 11) is 2.13. The molecule has 0 bridgehead atoms. The van der Waals surface area contributed by atoms with Gasteiger partial charge in [-0.3, -0.25) is 4.79 Å². The molecule has 2 aliphatic heterocycles. The van der Waals surface area contributed by atoms with E-state index in [1.807, 2.05) is 11.0 Å². The first kappa shape index (κ1) is 19.6. The highest BCUT2D eigenvalue weighted by molar-refractivity contribution is 5.77. The van der Waals surface area contributed by atoms with Crippen molar-refractivity contribution >= 4 is 5.91 Å². The number of aromatic nitrogens is 4. The van der Waals surface area contributed by atoms with Gasteiger partial charge in [-0.05, 0) is 35.9 Å². The van der Waals surface area contributed by atoms with E-state index in [-0.39, 0.29) is 18.0 Å². The van der Waals surface area contributed by atoms with E-state index in [0.717, 1.165) is 64.2 Å². The molecule has 0 radical (unpaired) electrons. The van der Waals surface area contributed by atoms with Crippen LogP contribution in [-0.4, -0.2) is 69.1 Å². The van der Waals surface area contributed by atoms with Crippen LogP contribution in [0, 0.1) is 5.41 Å². The second kappa shape index (κ2) is 7.74. The molecule has 2 saturated heterocycles.